The number of pyridine rings is 2. The van der Waals surface area contributed by atoms with Crippen molar-refractivity contribution < 1.29 is 22.7 Å². The minimum atomic E-state index is -3.41. The van der Waals surface area contributed by atoms with Gasteiger partial charge < -0.3 is 20.3 Å². The van der Waals surface area contributed by atoms with Crippen LogP contribution in [0.15, 0.2) is 60.7 Å². The number of rotatable bonds is 7. The number of hydrogen-bond donors (Lipinski definition) is 2. The number of benzene rings is 1. The van der Waals surface area contributed by atoms with Crippen LogP contribution in [0.4, 0.5) is 22.2 Å². The van der Waals surface area contributed by atoms with Gasteiger partial charge in [-0.05, 0) is 61.9 Å². The van der Waals surface area contributed by atoms with Crippen LogP contribution in [0.3, 0.4) is 0 Å². The predicted octanol–water partition coefficient (Wildman–Crippen LogP) is 5.58. The molecular formula is C35H44N6O5S. The van der Waals surface area contributed by atoms with Gasteiger partial charge in [-0.25, -0.2) is 23.2 Å². The van der Waals surface area contributed by atoms with Gasteiger partial charge in [-0.2, -0.15) is 4.31 Å². The Morgan fingerprint density at radius 2 is 1.81 bits per heavy atom. The second-order valence-corrected chi connectivity index (χ2v) is 14.9. The lowest BCUT2D eigenvalue weighted by molar-refractivity contribution is 0.0994. The first-order valence-electron chi connectivity index (χ1n) is 15.8. The Labute approximate surface area is 278 Å². The Morgan fingerprint density at radius 3 is 2.38 bits per heavy atom. The van der Waals surface area contributed by atoms with E-state index in [0.717, 1.165) is 28.8 Å². The van der Waals surface area contributed by atoms with Crippen molar-refractivity contribution >= 4 is 45.9 Å². The van der Waals surface area contributed by atoms with Gasteiger partial charge in [0.15, 0.2) is 5.82 Å². The summed E-state index contributed by atoms with van der Waals surface area (Å²) in [5.41, 5.74) is 8.63. The fraction of sp³-hybridized carbons (Fsp3) is 0.429. The predicted molar refractivity (Wildman–Crippen MR) is 185 cm³/mol. The Kier molecular flexibility index (Phi) is 9.63. The quantitative estimate of drug-likeness (QED) is 0.311. The van der Waals surface area contributed by atoms with Crippen molar-refractivity contribution in [3.8, 4) is 0 Å². The van der Waals surface area contributed by atoms with Crippen LogP contribution in [0.2, 0.25) is 0 Å². The van der Waals surface area contributed by atoms with Crippen LogP contribution in [0.25, 0.3) is 5.57 Å². The number of thiol groups is 1. The highest BCUT2D eigenvalue weighted by Crippen LogP contribution is 2.41. The molecule has 2 N–H and O–H groups in total. The van der Waals surface area contributed by atoms with E-state index >= 15 is 0 Å². The second kappa shape index (κ2) is 13.3. The highest BCUT2D eigenvalue weighted by atomic mass is 32.2. The molecule has 2 aliphatic rings. The van der Waals surface area contributed by atoms with Crippen LogP contribution in [0.1, 0.15) is 81.6 Å². The van der Waals surface area contributed by atoms with Gasteiger partial charge in [0.1, 0.15) is 18.2 Å². The molecule has 47 heavy (non-hydrogen) atoms. The van der Waals surface area contributed by atoms with E-state index in [4.69, 9.17) is 15.5 Å². The Morgan fingerprint density at radius 1 is 1.09 bits per heavy atom. The molecule has 11 nitrogen and oxygen atoms in total. The molecule has 0 bridgehead atoms. The summed E-state index contributed by atoms with van der Waals surface area (Å²) in [7, 11) is -3.41. The number of anilines is 3. The first-order valence-corrected chi connectivity index (χ1v) is 17.0. The number of nitrogens with two attached hydrogens (primary N) is 1. The van der Waals surface area contributed by atoms with Crippen molar-refractivity contribution in [3.05, 3.63) is 83.1 Å². The number of amides is 2. The number of carbonyl (C=O) groups is 2. The van der Waals surface area contributed by atoms with E-state index in [1.54, 1.807) is 17.0 Å². The highest BCUT2D eigenvalue weighted by molar-refractivity contribution is 7.75. The van der Waals surface area contributed by atoms with Crippen molar-refractivity contribution in [1.29, 1.82) is 0 Å². The summed E-state index contributed by atoms with van der Waals surface area (Å²) in [6, 6.07) is 15.8. The molecule has 0 aliphatic carbocycles. The van der Waals surface area contributed by atoms with Crippen LogP contribution in [-0.4, -0.2) is 60.5 Å². The Balaban J connectivity index is 1.57. The number of nitrogen functional groups attached to an aromatic ring is 1. The molecule has 0 spiro atoms. The van der Waals surface area contributed by atoms with Crippen molar-refractivity contribution in [2.24, 2.45) is 5.92 Å². The molecular weight excluding hydrogens is 616 g/mol. The van der Waals surface area contributed by atoms with Gasteiger partial charge in [0.2, 0.25) is 10.9 Å². The van der Waals surface area contributed by atoms with Crippen molar-refractivity contribution in [1.82, 2.24) is 14.9 Å². The van der Waals surface area contributed by atoms with E-state index in [2.05, 4.69) is 51.4 Å². The van der Waals surface area contributed by atoms with E-state index in [-0.39, 0.29) is 29.3 Å². The first-order chi connectivity index (χ1) is 22.2. The van der Waals surface area contributed by atoms with Crippen molar-refractivity contribution in [3.63, 3.8) is 0 Å². The molecule has 2 aliphatic heterocycles. The molecule has 1 fully saturated rings. The minimum absolute atomic E-state index is 0.0888. The Hall–Kier alpha value is -4.45. The van der Waals surface area contributed by atoms with Gasteiger partial charge in [0.05, 0.1) is 11.3 Å². The molecule has 2 aromatic heterocycles. The van der Waals surface area contributed by atoms with Gasteiger partial charge in [-0.3, -0.25) is 4.79 Å². The number of carbonyl (C=O) groups excluding carboxylic acids is 2. The van der Waals surface area contributed by atoms with Crippen LogP contribution in [0.5, 0.6) is 0 Å². The fourth-order valence-electron chi connectivity index (χ4n) is 6.47. The molecule has 0 saturated carbocycles. The summed E-state index contributed by atoms with van der Waals surface area (Å²) >= 11 is 0. The normalized spacial score (nSPS) is 17.9. The molecule has 1 saturated heterocycles. The molecule has 2 amide bonds. The summed E-state index contributed by atoms with van der Waals surface area (Å²) in [6.45, 7) is 14.1. The Bertz CT molecular complexity index is 1760. The fourth-order valence-corrected chi connectivity index (χ4v) is 7.00. The number of hydrogen-bond acceptors (Lipinski definition) is 9. The zero-order valence-electron chi connectivity index (χ0n) is 27.9. The average Bonchev–Trinajstić information content (AvgIpc) is 3.30. The van der Waals surface area contributed by atoms with Gasteiger partial charge in [-0.15, -0.1) is 0 Å². The maximum Gasteiger partial charge on any atom is 0.410 e. The lowest BCUT2D eigenvalue weighted by Gasteiger charge is -2.36. The average molecular weight is 661 g/mol. The number of nitrogens with zero attached hydrogens (tertiary/aromatic N) is 5. The standard InChI is InChI=1S/C35H44N6O5S/c1-23-20-35(5,6)40(21-23)31-27(32(42)41(47(44)45)29-14-10-13-28(36)37-29)19-26(30(38-31)34(2,3)4)25-15-17-39(18-16-25)33(43)46-22-24-11-8-7-9-12-24/h7-15,19,23,47H,16-18,20-22H2,1-6H3,(H2,36,37). The molecule has 1 unspecified atom stereocenters. The van der Waals surface area contributed by atoms with E-state index in [9.17, 15) is 18.0 Å². The number of ether oxygens (including phenoxy) is 1. The van der Waals surface area contributed by atoms with E-state index in [1.807, 2.05) is 36.4 Å². The number of aromatic nitrogens is 2. The second-order valence-electron chi connectivity index (χ2n) is 14.0. The van der Waals surface area contributed by atoms with E-state index < -0.39 is 28.3 Å². The molecule has 4 heterocycles. The van der Waals surface area contributed by atoms with Crippen LogP contribution >= 0.6 is 0 Å². The topological polar surface area (TPSA) is 139 Å². The maximum absolute atomic E-state index is 14.4. The third-order valence-corrected chi connectivity index (χ3v) is 9.33. The summed E-state index contributed by atoms with van der Waals surface area (Å²) in [4.78, 5) is 40.4. The SMILES string of the molecule is CC1CN(c2nc(C(C)(C)C)c(C3=CCN(C(=O)OCc4ccccc4)CC3)cc2C(=O)N(c2cccc(N)n2)[SH](=O)=O)C(C)(C)C1. The molecule has 3 aromatic rings. The summed E-state index contributed by atoms with van der Waals surface area (Å²) < 4.78 is 31.5. The van der Waals surface area contributed by atoms with Crippen molar-refractivity contribution in [2.75, 3.05) is 34.6 Å². The first kappa shape index (κ1) is 33.9. The summed E-state index contributed by atoms with van der Waals surface area (Å²) in [5, 5.41) is 0. The third-order valence-electron chi connectivity index (χ3n) is 8.62. The van der Waals surface area contributed by atoms with Crippen LogP contribution in [-0.2, 0) is 27.6 Å². The van der Waals surface area contributed by atoms with Gasteiger partial charge in [-0.1, -0.05) is 70.2 Å². The lowest BCUT2D eigenvalue weighted by Crippen LogP contribution is -2.41. The molecule has 1 aromatic carbocycles. The summed E-state index contributed by atoms with van der Waals surface area (Å²) in [6.07, 6.45) is 2.94. The van der Waals surface area contributed by atoms with Gasteiger partial charge in [0.25, 0.3) is 5.91 Å². The van der Waals surface area contributed by atoms with Crippen molar-refractivity contribution in [2.45, 2.75) is 71.9 Å². The van der Waals surface area contributed by atoms with E-state index in [0.29, 0.717) is 42.1 Å². The molecule has 0 radical (unpaired) electrons. The van der Waals surface area contributed by atoms with Crippen LogP contribution < -0.4 is 14.9 Å². The molecule has 12 heteroatoms. The smallest absolute Gasteiger partial charge is 0.410 e. The molecule has 5 rings (SSSR count). The lowest BCUT2D eigenvalue weighted by atomic mass is 9.83. The van der Waals surface area contributed by atoms with E-state index in [1.165, 1.54) is 12.1 Å². The third kappa shape index (κ3) is 7.43. The van der Waals surface area contributed by atoms with Gasteiger partial charge in [0, 0.05) is 36.2 Å². The zero-order chi connectivity index (χ0) is 34.1. The molecule has 250 valence electrons. The monoisotopic (exact) mass is 660 g/mol. The maximum atomic E-state index is 14.4. The minimum Gasteiger partial charge on any atom is -0.445 e. The van der Waals surface area contributed by atoms with Crippen LogP contribution in [0, 0.1) is 5.92 Å². The van der Waals surface area contributed by atoms with Gasteiger partial charge >= 0.3 is 6.09 Å². The summed E-state index contributed by atoms with van der Waals surface area (Å²) in [5.74, 6) is 0.0127. The molecule has 1 atom stereocenters. The largest absolute Gasteiger partial charge is 0.445 e. The zero-order valence-corrected chi connectivity index (χ0v) is 28.8. The highest BCUT2D eigenvalue weighted by Gasteiger charge is 2.41.